The average molecular weight is 440 g/mol. The van der Waals surface area contributed by atoms with Crippen molar-refractivity contribution in [2.75, 3.05) is 11.5 Å². The van der Waals surface area contributed by atoms with Gasteiger partial charge in [-0.2, -0.15) is 0 Å². The Morgan fingerprint density at radius 2 is 1.78 bits per heavy atom. The maximum atomic E-state index is 12.1. The third-order valence-corrected chi connectivity index (χ3v) is 4.39. The van der Waals surface area contributed by atoms with E-state index in [9.17, 15) is 9.59 Å². The van der Waals surface area contributed by atoms with Gasteiger partial charge in [0.2, 0.25) is 0 Å². The Hall–Kier alpha value is -1.86. The van der Waals surface area contributed by atoms with Gasteiger partial charge in [0, 0.05) is 14.6 Å². The molecule has 1 fully saturated rings. The molecule has 1 aliphatic heterocycles. The Kier molecular flexibility index (Phi) is 4.68. The second-order valence-electron chi connectivity index (χ2n) is 4.92. The van der Waals surface area contributed by atoms with Gasteiger partial charge in [0.1, 0.15) is 12.4 Å². The van der Waals surface area contributed by atoms with Gasteiger partial charge in [-0.3, -0.25) is 15.0 Å². The molecule has 2 aromatic rings. The van der Waals surface area contributed by atoms with Gasteiger partial charge < -0.3 is 4.74 Å². The van der Waals surface area contributed by atoms with Gasteiger partial charge in [-0.25, -0.2) is 4.79 Å². The molecule has 2 aromatic carbocycles. The van der Waals surface area contributed by atoms with Crippen LogP contribution in [0.25, 0.3) is 0 Å². The largest absolute Gasteiger partial charge is 0.491 e. The highest BCUT2D eigenvalue weighted by molar-refractivity contribution is 9.10. The van der Waals surface area contributed by atoms with Crippen LogP contribution in [0.2, 0.25) is 0 Å². The van der Waals surface area contributed by atoms with Crippen LogP contribution in [0.4, 0.5) is 10.5 Å². The van der Waals surface area contributed by atoms with Gasteiger partial charge >= 0.3 is 6.03 Å². The van der Waals surface area contributed by atoms with E-state index in [0.29, 0.717) is 11.4 Å². The zero-order valence-corrected chi connectivity index (χ0v) is 15.0. The maximum absolute atomic E-state index is 12.1. The first-order valence-corrected chi connectivity index (χ1v) is 8.41. The van der Waals surface area contributed by atoms with Crippen LogP contribution in [0.1, 0.15) is 0 Å². The molecule has 3 amide bonds. The molecule has 23 heavy (non-hydrogen) atoms. The molecule has 0 saturated carbocycles. The van der Waals surface area contributed by atoms with Crippen LogP contribution in [0.3, 0.4) is 0 Å². The number of amides is 3. The number of carbonyl (C=O) groups is 2. The molecule has 1 N–H and O–H groups in total. The summed E-state index contributed by atoms with van der Waals surface area (Å²) in [5.41, 5.74) is 0.632. The van der Waals surface area contributed by atoms with E-state index in [1.165, 1.54) is 4.90 Å². The van der Waals surface area contributed by atoms with Gasteiger partial charge in [-0.05, 0) is 42.5 Å². The lowest BCUT2D eigenvalue weighted by atomic mass is 10.2. The van der Waals surface area contributed by atoms with Crippen molar-refractivity contribution in [1.29, 1.82) is 0 Å². The van der Waals surface area contributed by atoms with Crippen molar-refractivity contribution < 1.29 is 14.3 Å². The first-order valence-electron chi connectivity index (χ1n) is 6.82. The molecule has 0 aromatic heterocycles. The van der Waals surface area contributed by atoms with E-state index < -0.39 is 12.1 Å². The zero-order valence-electron chi connectivity index (χ0n) is 11.8. The lowest BCUT2D eigenvalue weighted by Gasteiger charge is -2.22. The molecule has 0 spiro atoms. The fraction of sp³-hybridized carbons (Fsp3) is 0.125. The van der Waals surface area contributed by atoms with Gasteiger partial charge in [0.15, 0.2) is 6.04 Å². The minimum atomic E-state index is -0.708. The van der Waals surface area contributed by atoms with E-state index in [-0.39, 0.29) is 12.5 Å². The van der Waals surface area contributed by atoms with Crippen LogP contribution in [0.5, 0.6) is 5.75 Å². The molecular formula is C16H12Br2N2O3. The highest BCUT2D eigenvalue weighted by Crippen LogP contribution is 2.25. The van der Waals surface area contributed by atoms with Crippen molar-refractivity contribution in [3.05, 3.63) is 57.5 Å². The molecule has 0 aliphatic carbocycles. The summed E-state index contributed by atoms with van der Waals surface area (Å²) in [7, 11) is 0. The van der Waals surface area contributed by atoms with Gasteiger partial charge in [-0.15, -0.1) is 0 Å². The van der Waals surface area contributed by atoms with E-state index in [0.717, 1.165) is 8.95 Å². The number of carbonyl (C=O) groups excluding carboxylic acids is 2. The third kappa shape index (κ3) is 3.56. The summed E-state index contributed by atoms with van der Waals surface area (Å²) < 4.78 is 7.43. The summed E-state index contributed by atoms with van der Waals surface area (Å²) in [5.74, 6) is 0.265. The summed E-state index contributed by atoms with van der Waals surface area (Å²) in [5, 5.41) is 2.33. The van der Waals surface area contributed by atoms with E-state index in [1.807, 2.05) is 24.3 Å². The normalized spacial score (nSPS) is 17.3. The third-order valence-electron chi connectivity index (χ3n) is 3.37. The van der Waals surface area contributed by atoms with Gasteiger partial charge in [0.05, 0.1) is 0 Å². The monoisotopic (exact) mass is 438 g/mol. The second-order valence-corrected chi connectivity index (χ2v) is 6.76. The molecule has 1 heterocycles. The Bertz CT molecular complexity index is 749. The number of imide groups is 1. The highest BCUT2D eigenvalue weighted by atomic mass is 79.9. The Balaban J connectivity index is 1.79. The van der Waals surface area contributed by atoms with Crippen molar-refractivity contribution in [3.63, 3.8) is 0 Å². The Labute approximate surface area is 149 Å². The maximum Gasteiger partial charge on any atom is 0.329 e. The fourth-order valence-corrected chi connectivity index (χ4v) is 2.94. The molecule has 1 saturated heterocycles. The number of ether oxygens (including phenoxy) is 1. The minimum Gasteiger partial charge on any atom is -0.491 e. The van der Waals surface area contributed by atoms with Gasteiger partial charge in [0.25, 0.3) is 5.91 Å². The van der Waals surface area contributed by atoms with Crippen LogP contribution in [0, 0.1) is 0 Å². The second kappa shape index (κ2) is 6.72. The molecule has 118 valence electrons. The number of nitrogens with one attached hydrogen (secondary N) is 1. The Morgan fingerprint density at radius 3 is 2.48 bits per heavy atom. The quantitative estimate of drug-likeness (QED) is 0.738. The van der Waals surface area contributed by atoms with E-state index in [1.54, 1.807) is 24.3 Å². The van der Waals surface area contributed by atoms with Crippen LogP contribution < -0.4 is 15.0 Å². The number of benzene rings is 2. The number of urea groups is 1. The fourth-order valence-electron chi connectivity index (χ4n) is 2.29. The molecule has 0 radical (unpaired) electrons. The predicted molar refractivity (Wildman–Crippen MR) is 93.6 cm³/mol. The molecule has 5 nitrogen and oxygen atoms in total. The summed E-state index contributed by atoms with van der Waals surface area (Å²) in [6.45, 7) is 0.0751. The van der Waals surface area contributed by atoms with Crippen molar-refractivity contribution in [3.8, 4) is 5.75 Å². The molecule has 1 aliphatic rings. The first-order chi connectivity index (χ1) is 11.0. The predicted octanol–water partition coefficient (Wildman–Crippen LogP) is 3.72. The summed E-state index contributed by atoms with van der Waals surface area (Å²) in [6, 6.07) is 13.3. The zero-order chi connectivity index (χ0) is 16.4. The summed E-state index contributed by atoms with van der Waals surface area (Å²) in [4.78, 5) is 25.5. The lowest BCUT2D eigenvalue weighted by Crippen LogP contribution is -2.39. The van der Waals surface area contributed by atoms with E-state index in [4.69, 9.17) is 4.74 Å². The van der Waals surface area contributed by atoms with Crippen LogP contribution in [-0.4, -0.2) is 24.6 Å². The van der Waals surface area contributed by atoms with Crippen molar-refractivity contribution in [1.82, 2.24) is 5.32 Å². The van der Waals surface area contributed by atoms with E-state index >= 15 is 0 Å². The van der Waals surface area contributed by atoms with Crippen LogP contribution in [0.15, 0.2) is 57.5 Å². The number of hydrogen-bond donors (Lipinski definition) is 1. The van der Waals surface area contributed by atoms with E-state index in [2.05, 4.69) is 37.2 Å². The molecule has 3 rings (SSSR count). The Morgan fingerprint density at radius 1 is 1.04 bits per heavy atom. The number of anilines is 1. The topological polar surface area (TPSA) is 58.6 Å². The minimum absolute atomic E-state index is 0.0751. The number of hydrogen-bond acceptors (Lipinski definition) is 3. The molecule has 7 heteroatoms. The molecule has 1 unspecified atom stereocenters. The van der Waals surface area contributed by atoms with Crippen molar-refractivity contribution >= 4 is 49.5 Å². The average Bonchev–Trinajstić information content (AvgIpc) is 2.80. The standard InChI is InChI=1S/C16H12Br2N2O3/c17-10-4-6-13(7-5-10)23-9-14-15(21)19-16(22)20(14)12-3-1-2-11(18)8-12/h1-8,14H,9H2,(H,19,21,22). The molecule has 0 bridgehead atoms. The molecular weight excluding hydrogens is 428 g/mol. The van der Waals surface area contributed by atoms with Crippen LogP contribution in [-0.2, 0) is 4.79 Å². The van der Waals surface area contributed by atoms with Crippen molar-refractivity contribution in [2.45, 2.75) is 6.04 Å². The number of rotatable bonds is 4. The number of halogens is 2. The summed E-state index contributed by atoms with van der Waals surface area (Å²) in [6.07, 6.45) is 0. The highest BCUT2D eigenvalue weighted by Gasteiger charge is 2.40. The lowest BCUT2D eigenvalue weighted by molar-refractivity contribution is -0.120. The van der Waals surface area contributed by atoms with Crippen molar-refractivity contribution in [2.24, 2.45) is 0 Å². The number of nitrogens with zero attached hydrogens (tertiary/aromatic N) is 1. The smallest absolute Gasteiger partial charge is 0.329 e. The van der Waals surface area contributed by atoms with Crippen LogP contribution >= 0.6 is 31.9 Å². The molecule has 1 atom stereocenters. The van der Waals surface area contributed by atoms with Gasteiger partial charge in [-0.1, -0.05) is 37.9 Å². The SMILES string of the molecule is O=C1NC(=O)N(c2cccc(Br)c2)C1COc1ccc(Br)cc1. The summed E-state index contributed by atoms with van der Waals surface area (Å²) >= 11 is 6.72. The first kappa shape index (κ1) is 16.0.